The van der Waals surface area contributed by atoms with Crippen molar-refractivity contribution in [3.8, 4) is 0 Å². The number of carbonyl (C=O) groups is 1. The molecule has 1 amide bonds. The normalized spacial score (nSPS) is 14.7. The van der Waals surface area contributed by atoms with Crippen LogP contribution < -0.4 is 5.32 Å². The Morgan fingerprint density at radius 3 is 2.71 bits per heavy atom. The first-order valence-electron chi connectivity index (χ1n) is 6.77. The number of hydrogen-bond donors (Lipinski definition) is 2. The highest BCUT2D eigenvalue weighted by molar-refractivity contribution is 7.10. The smallest absolute Gasteiger partial charge is 0.231 e. The van der Waals surface area contributed by atoms with Crippen molar-refractivity contribution in [2.45, 2.75) is 31.8 Å². The van der Waals surface area contributed by atoms with Gasteiger partial charge in [0.05, 0.1) is 18.2 Å². The molecule has 0 aromatic carbocycles. The Balaban J connectivity index is 2.04. The average molecular weight is 307 g/mol. The third-order valence-electron chi connectivity index (χ3n) is 3.62. The topological polar surface area (TPSA) is 67.2 Å². The van der Waals surface area contributed by atoms with Crippen LogP contribution in [-0.4, -0.2) is 27.3 Å². The molecule has 5 nitrogen and oxygen atoms in total. The molecule has 0 bridgehead atoms. The average Bonchev–Trinajstić information content (AvgIpc) is 3.06. The number of thiophene rings is 1. The first-order chi connectivity index (χ1) is 9.73. The Hall–Kier alpha value is -1.66. The number of aryl methyl sites for hydroxylation is 1. The van der Waals surface area contributed by atoms with Gasteiger partial charge in [-0.1, -0.05) is 6.07 Å². The van der Waals surface area contributed by atoms with Crippen LogP contribution in [0.15, 0.2) is 29.9 Å². The maximum absolute atomic E-state index is 12.4. The van der Waals surface area contributed by atoms with Crippen molar-refractivity contribution in [2.75, 3.05) is 6.54 Å². The highest BCUT2D eigenvalue weighted by Crippen LogP contribution is 2.28. The van der Waals surface area contributed by atoms with Crippen LogP contribution >= 0.6 is 11.3 Å². The van der Waals surface area contributed by atoms with Crippen LogP contribution in [0.4, 0.5) is 0 Å². The second-order valence-corrected chi connectivity index (χ2v) is 6.91. The van der Waals surface area contributed by atoms with Gasteiger partial charge in [0.1, 0.15) is 5.60 Å². The zero-order valence-electron chi connectivity index (χ0n) is 12.8. The van der Waals surface area contributed by atoms with E-state index in [4.69, 9.17) is 0 Å². The van der Waals surface area contributed by atoms with Crippen LogP contribution in [0.3, 0.4) is 0 Å². The molecule has 0 aliphatic heterocycles. The fraction of sp³-hybridized carbons (Fsp3) is 0.467. The van der Waals surface area contributed by atoms with E-state index in [9.17, 15) is 9.90 Å². The van der Waals surface area contributed by atoms with Crippen molar-refractivity contribution >= 4 is 17.2 Å². The van der Waals surface area contributed by atoms with Gasteiger partial charge < -0.3 is 10.4 Å². The van der Waals surface area contributed by atoms with Crippen LogP contribution in [0.2, 0.25) is 0 Å². The zero-order chi connectivity index (χ0) is 15.7. The molecule has 0 unspecified atom stereocenters. The lowest BCUT2D eigenvalue weighted by Crippen LogP contribution is -2.45. The number of aromatic nitrogens is 2. The van der Waals surface area contributed by atoms with E-state index < -0.39 is 11.0 Å². The predicted octanol–water partition coefficient (Wildman–Crippen LogP) is 1.78. The number of hydrogen-bond acceptors (Lipinski definition) is 4. The molecular formula is C15H21N3O2S. The summed E-state index contributed by atoms with van der Waals surface area (Å²) in [7, 11) is 1.79. The van der Waals surface area contributed by atoms with E-state index in [-0.39, 0.29) is 12.5 Å². The minimum Gasteiger partial charge on any atom is -0.383 e. The highest BCUT2D eigenvalue weighted by Gasteiger charge is 2.33. The third kappa shape index (κ3) is 3.33. The van der Waals surface area contributed by atoms with Crippen LogP contribution in [0.25, 0.3) is 0 Å². The molecule has 1 atom stereocenters. The first kappa shape index (κ1) is 15.7. The van der Waals surface area contributed by atoms with E-state index in [1.165, 1.54) is 0 Å². The van der Waals surface area contributed by atoms with E-state index in [1.807, 2.05) is 31.4 Å². The van der Waals surface area contributed by atoms with Crippen molar-refractivity contribution in [1.82, 2.24) is 15.1 Å². The first-order valence-corrected chi connectivity index (χ1v) is 7.65. The number of nitrogens with one attached hydrogen (secondary N) is 1. The van der Waals surface area contributed by atoms with Crippen LogP contribution in [0.1, 0.15) is 31.2 Å². The summed E-state index contributed by atoms with van der Waals surface area (Å²) in [6, 6.07) is 3.88. The van der Waals surface area contributed by atoms with Crippen molar-refractivity contribution in [3.05, 3.63) is 40.3 Å². The van der Waals surface area contributed by atoms with Crippen molar-refractivity contribution in [2.24, 2.45) is 7.05 Å². The number of carbonyl (C=O) groups excluding carboxylic acids is 1. The van der Waals surface area contributed by atoms with Gasteiger partial charge >= 0.3 is 0 Å². The van der Waals surface area contributed by atoms with Crippen LogP contribution in [0.5, 0.6) is 0 Å². The van der Waals surface area contributed by atoms with Gasteiger partial charge in [0.15, 0.2) is 0 Å². The molecule has 0 saturated carbocycles. The largest absolute Gasteiger partial charge is 0.383 e. The summed E-state index contributed by atoms with van der Waals surface area (Å²) in [6.45, 7) is 5.58. The molecule has 114 valence electrons. The lowest BCUT2D eigenvalue weighted by atomic mass is 9.89. The van der Waals surface area contributed by atoms with E-state index in [0.717, 1.165) is 4.88 Å². The van der Waals surface area contributed by atoms with Gasteiger partial charge in [0.2, 0.25) is 5.91 Å². The lowest BCUT2D eigenvalue weighted by Gasteiger charge is -2.27. The summed E-state index contributed by atoms with van der Waals surface area (Å²) in [6.07, 6.45) is 3.35. The van der Waals surface area contributed by atoms with Crippen molar-refractivity contribution in [3.63, 3.8) is 0 Å². The summed E-state index contributed by atoms with van der Waals surface area (Å²) < 4.78 is 1.63. The van der Waals surface area contributed by atoms with Gasteiger partial charge in [-0.2, -0.15) is 5.10 Å². The lowest BCUT2D eigenvalue weighted by molar-refractivity contribution is -0.126. The minimum absolute atomic E-state index is 0.103. The summed E-state index contributed by atoms with van der Waals surface area (Å²) in [5.74, 6) is -0.103. The summed E-state index contributed by atoms with van der Waals surface area (Å²) >= 11 is 1.55. The molecule has 21 heavy (non-hydrogen) atoms. The Labute approximate surface area is 128 Å². The molecule has 0 radical (unpaired) electrons. The SMILES string of the molecule is Cn1cc([C@](C)(O)CNC(=O)C(C)(C)c2cccs2)cn1. The van der Waals surface area contributed by atoms with Crippen molar-refractivity contribution < 1.29 is 9.90 Å². The molecule has 2 aromatic rings. The molecule has 0 aliphatic rings. The van der Waals surface area contributed by atoms with Crippen molar-refractivity contribution in [1.29, 1.82) is 0 Å². The van der Waals surface area contributed by atoms with E-state index in [1.54, 1.807) is 42.4 Å². The van der Waals surface area contributed by atoms with Gasteiger partial charge in [-0.3, -0.25) is 9.48 Å². The summed E-state index contributed by atoms with van der Waals surface area (Å²) in [5, 5.41) is 19.3. The van der Waals surface area contributed by atoms with Gasteiger partial charge in [-0.25, -0.2) is 0 Å². The Morgan fingerprint density at radius 1 is 1.48 bits per heavy atom. The van der Waals surface area contributed by atoms with E-state index in [2.05, 4.69) is 10.4 Å². The second-order valence-electron chi connectivity index (χ2n) is 5.96. The molecule has 0 fully saturated rings. The monoisotopic (exact) mass is 307 g/mol. The molecule has 2 aromatic heterocycles. The third-order valence-corrected chi connectivity index (χ3v) is 4.82. The predicted molar refractivity (Wildman–Crippen MR) is 83.1 cm³/mol. The maximum Gasteiger partial charge on any atom is 0.231 e. The quantitative estimate of drug-likeness (QED) is 0.885. The van der Waals surface area contributed by atoms with E-state index in [0.29, 0.717) is 5.56 Å². The van der Waals surface area contributed by atoms with Crippen LogP contribution in [0, 0.1) is 0 Å². The fourth-order valence-electron chi connectivity index (χ4n) is 2.02. The Bertz CT molecular complexity index is 615. The van der Waals surface area contributed by atoms with Crippen LogP contribution in [-0.2, 0) is 22.9 Å². The number of nitrogens with zero attached hydrogens (tertiary/aromatic N) is 2. The second kappa shape index (κ2) is 5.61. The highest BCUT2D eigenvalue weighted by atomic mass is 32.1. The number of rotatable bonds is 5. The molecule has 6 heteroatoms. The fourth-order valence-corrected chi connectivity index (χ4v) is 2.87. The van der Waals surface area contributed by atoms with E-state index >= 15 is 0 Å². The Morgan fingerprint density at radius 2 is 2.19 bits per heavy atom. The molecule has 2 N–H and O–H groups in total. The molecule has 0 spiro atoms. The number of aliphatic hydroxyl groups is 1. The molecule has 0 aliphatic carbocycles. The van der Waals surface area contributed by atoms with Gasteiger partial charge in [-0.05, 0) is 32.2 Å². The van der Waals surface area contributed by atoms with Gasteiger partial charge in [0, 0.05) is 23.7 Å². The standard InChI is InChI=1S/C15H21N3O2S/c1-14(2,12-6-5-7-21-12)13(19)16-10-15(3,20)11-8-17-18(4)9-11/h5-9,20H,10H2,1-4H3,(H,16,19)/t15-/m1/s1. The maximum atomic E-state index is 12.4. The zero-order valence-corrected chi connectivity index (χ0v) is 13.6. The molecule has 2 heterocycles. The molecule has 0 saturated heterocycles. The molecular weight excluding hydrogens is 286 g/mol. The summed E-state index contributed by atoms with van der Waals surface area (Å²) in [4.78, 5) is 13.4. The van der Waals surface area contributed by atoms with Gasteiger partial charge in [0.25, 0.3) is 0 Å². The number of amides is 1. The Kier molecular flexibility index (Phi) is 4.20. The molecule has 2 rings (SSSR count). The summed E-state index contributed by atoms with van der Waals surface area (Å²) in [5.41, 5.74) is -1.08. The minimum atomic E-state index is -1.14. The van der Waals surface area contributed by atoms with Gasteiger partial charge in [-0.15, -0.1) is 11.3 Å².